The molecule has 10 heteroatoms. The van der Waals surface area contributed by atoms with E-state index in [1.165, 1.54) is 32.3 Å². The molecule has 0 heterocycles. The number of ether oxygens (including phenoxy) is 2. The summed E-state index contributed by atoms with van der Waals surface area (Å²) in [6.07, 6.45) is 0.493. The van der Waals surface area contributed by atoms with Crippen LogP contribution in [0, 0.1) is 0 Å². The minimum atomic E-state index is -3.78. The van der Waals surface area contributed by atoms with Crippen molar-refractivity contribution in [2.75, 3.05) is 33.1 Å². The lowest BCUT2D eigenvalue weighted by atomic mass is 10.1. The Labute approximate surface area is 180 Å². The van der Waals surface area contributed by atoms with Gasteiger partial charge in [0.15, 0.2) is 6.61 Å². The number of rotatable bonds is 9. The number of amides is 1. The smallest absolute Gasteiger partial charge is 0.306 e. The predicted molar refractivity (Wildman–Crippen MR) is 113 cm³/mol. The van der Waals surface area contributed by atoms with Crippen LogP contribution in [-0.2, 0) is 30.8 Å². The van der Waals surface area contributed by atoms with Crippen LogP contribution in [0.3, 0.4) is 0 Å². The molecular formula is C20H23ClN2O6S. The van der Waals surface area contributed by atoms with Gasteiger partial charge < -0.3 is 14.8 Å². The fraction of sp³-hybridized carbons (Fsp3) is 0.300. The molecule has 0 aliphatic heterocycles. The monoisotopic (exact) mass is 454 g/mol. The van der Waals surface area contributed by atoms with Crippen molar-refractivity contribution < 1.29 is 27.5 Å². The molecule has 0 saturated heterocycles. The van der Waals surface area contributed by atoms with Gasteiger partial charge in [-0.3, -0.25) is 9.59 Å². The molecule has 2 aromatic carbocycles. The second-order valence-corrected chi connectivity index (χ2v) is 8.98. The second-order valence-electron chi connectivity index (χ2n) is 6.45. The SMILES string of the molecule is COc1ccccc1CCC(=O)OCC(=O)Nc1ccc(Cl)c(S(=O)(=O)N(C)C)c1. The molecule has 1 amide bonds. The van der Waals surface area contributed by atoms with Gasteiger partial charge in [-0.15, -0.1) is 0 Å². The van der Waals surface area contributed by atoms with Gasteiger partial charge in [-0.25, -0.2) is 12.7 Å². The molecule has 0 atom stereocenters. The molecule has 8 nitrogen and oxygen atoms in total. The third kappa shape index (κ3) is 6.19. The van der Waals surface area contributed by atoms with Crippen LogP contribution >= 0.6 is 11.6 Å². The Hall–Kier alpha value is -2.62. The molecule has 1 N–H and O–H groups in total. The zero-order valence-corrected chi connectivity index (χ0v) is 18.4. The van der Waals surface area contributed by atoms with E-state index in [1.807, 2.05) is 18.2 Å². The van der Waals surface area contributed by atoms with E-state index in [4.69, 9.17) is 21.1 Å². The minimum Gasteiger partial charge on any atom is -0.496 e. The number of nitrogens with zero attached hydrogens (tertiary/aromatic N) is 1. The van der Waals surface area contributed by atoms with Crippen molar-refractivity contribution in [3.05, 3.63) is 53.1 Å². The first-order valence-corrected chi connectivity index (χ1v) is 10.8. The topological polar surface area (TPSA) is 102 Å². The van der Waals surface area contributed by atoms with Gasteiger partial charge in [0.1, 0.15) is 10.6 Å². The van der Waals surface area contributed by atoms with Gasteiger partial charge in [-0.05, 0) is 36.2 Å². The maximum atomic E-state index is 12.3. The molecule has 0 aliphatic rings. The van der Waals surface area contributed by atoms with Gasteiger partial charge in [0.25, 0.3) is 5.91 Å². The lowest BCUT2D eigenvalue weighted by Gasteiger charge is -2.14. The highest BCUT2D eigenvalue weighted by molar-refractivity contribution is 7.89. The van der Waals surface area contributed by atoms with E-state index in [2.05, 4.69) is 5.32 Å². The first-order valence-electron chi connectivity index (χ1n) is 8.94. The number of esters is 1. The van der Waals surface area contributed by atoms with Crippen molar-refractivity contribution in [1.29, 1.82) is 0 Å². The van der Waals surface area contributed by atoms with Crippen LogP contribution in [0.15, 0.2) is 47.4 Å². The second kappa shape index (κ2) is 10.4. The molecule has 0 bridgehead atoms. The third-order valence-electron chi connectivity index (χ3n) is 4.13. The standard InChI is InChI=1S/C20H23ClN2O6S/c1-23(2)30(26,27)18-12-15(9-10-16(18)21)22-19(24)13-29-20(25)11-8-14-6-4-5-7-17(14)28-3/h4-7,9-10,12H,8,11,13H2,1-3H3,(H,22,24). The fourth-order valence-electron chi connectivity index (χ4n) is 2.54. The van der Waals surface area contributed by atoms with E-state index in [0.717, 1.165) is 9.87 Å². The number of carbonyl (C=O) groups excluding carboxylic acids is 2. The number of halogens is 1. The van der Waals surface area contributed by atoms with Gasteiger partial charge in [0.2, 0.25) is 10.0 Å². The van der Waals surface area contributed by atoms with Crippen molar-refractivity contribution >= 4 is 39.2 Å². The van der Waals surface area contributed by atoms with Crippen LogP contribution in [-0.4, -0.2) is 52.4 Å². The lowest BCUT2D eigenvalue weighted by Crippen LogP contribution is -2.23. The summed E-state index contributed by atoms with van der Waals surface area (Å²) in [4.78, 5) is 23.9. The average molecular weight is 455 g/mol. The molecule has 0 unspecified atom stereocenters. The van der Waals surface area contributed by atoms with Gasteiger partial charge in [0, 0.05) is 26.2 Å². The highest BCUT2D eigenvalue weighted by Gasteiger charge is 2.21. The van der Waals surface area contributed by atoms with Crippen LogP contribution < -0.4 is 10.1 Å². The number of hydrogen-bond donors (Lipinski definition) is 1. The summed E-state index contributed by atoms with van der Waals surface area (Å²) >= 11 is 5.97. The summed E-state index contributed by atoms with van der Waals surface area (Å²) in [5, 5.41) is 2.52. The summed E-state index contributed by atoms with van der Waals surface area (Å²) in [5.74, 6) is -0.464. The maximum absolute atomic E-state index is 12.3. The summed E-state index contributed by atoms with van der Waals surface area (Å²) in [6.45, 7) is -0.497. The largest absolute Gasteiger partial charge is 0.496 e. The van der Waals surface area contributed by atoms with Crippen LogP contribution in [0.5, 0.6) is 5.75 Å². The van der Waals surface area contributed by atoms with Gasteiger partial charge in [-0.2, -0.15) is 0 Å². The number of hydrogen-bond acceptors (Lipinski definition) is 6. The Kier molecular flexibility index (Phi) is 8.22. The molecule has 30 heavy (non-hydrogen) atoms. The summed E-state index contributed by atoms with van der Waals surface area (Å²) in [7, 11) is 0.525. The highest BCUT2D eigenvalue weighted by Crippen LogP contribution is 2.26. The van der Waals surface area contributed by atoms with Crippen LogP contribution in [0.1, 0.15) is 12.0 Å². The van der Waals surface area contributed by atoms with Gasteiger partial charge in [-0.1, -0.05) is 29.8 Å². The Morgan fingerprint density at radius 3 is 2.50 bits per heavy atom. The van der Waals surface area contributed by atoms with Crippen LogP contribution in [0.2, 0.25) is 5.02 Å². The zero-order valence-electron chi connectivity index (χ0n) is 16.8. The quantitative estimate of drug-likeness (QED) is 0.584. The van der Waals surface area contributed by atoms with Crippen molar-refractivity contribution in [3.63, 3.8) is 0 Å². The number of methoxy groups -OCH3 is 1. The lowest BCUT2D eigenvalue weighted by molar-refractivity contribution is -0.147. The fourth-order valence-corrected chi connectivity index (χ4v) is 3.93. The number of carbonyl (C=O) groups is 2. The normalized spacial score (nSPS) is 11.2. The predicted octanol–water partition coefficient (Wildman–Crippen LogP) is 2.71. The van der Waals surface area contributed by atoms with Crippen molar-refractivity contribution in [2.24, 2.45) is 0 Å². The molecule has 0 saturated carbocycles. The van der Waals surface area contributed by atoms with E-state index in [-0.39, 0.29) is 22.0 Å². The Morgan fingerprint density at radius 2 is 1.83 bits per heavy atom. The average Bonchev–Trinajstić information content (AvgIpc) is 2.72. The summed E-state index contributed by atoms with van der Waals surface area (Å²) < 4.78 is 35.8. The van der Waals surface area contributed by atoms with E-state index in [1.54, 1.807) is 13.2 Å². The molecule has 0 aliphatic carbocycles. The van der Waals surface area contributed by atoms with Gasteiger partial charge in [0.05, 0.1) is 12.1 Å². The number of nitrogens with one attached hydrogen (secondary N) is 1. The third-order valence-corrected chi connectivity index (χ3v) is 6.43. The Morgan fingerprint density at radius 1 is 1.13 bits per heavy atom. The van der Waals surface area contributed by atoms with Crippen molar-refractivity contribution in [3.8, 4) is 5.75 Å². The number of sulfonamides is 1. The Balaban J connectivity index is 1.91. The number of aryl methyl sites for hydroxylation is 1. The Bertz CT molecular complexity index is 1020. The first kappa shape index (κ1) is 23.7. The van der Waals surface area contributed by atoms with Crippen LogP contribution in [0.25, 0.3) is 0 Å². The molecule has 2 rings (SSSR count). The molecule has 162 valence electrons. The molecule has 0 fully saturated rings. The highest BCUT2D eigenvalue weighted by atomic mass is 35.5. The van der Waals surface area contributed by atoms with E-state index in [0.29, 0.717) is 12.2 Å². The molecule has 0 spiro atoms. The van der Waals surface area contributed by atoms with Crippen molar-refractivity contribution in [1.82, 2.24) is 4.31 Å². The molecule has 2 aromatic rings. The van der Waals surface area contributed by atoms with Crippen molar-refractivity contribution in [2.45, 2.75) is 17.7 Å². The maximum Gasteiger partial charge on any atom is 0.306 e. The van der Waals surface area contributed by atoms with E-state index in [9.17, 15) is 18.0 Å². The van der Waals surface area contributed by atoms with Gasteiger partial charge >= 0.3 is 5.97 Å². The van der Waals surface area contributed by atoms with E-state index >= 15 is 0 Å². The molecular weight excluding hydrogens is 432 g/mol. The summed E-state index contributed by atoms with van der Waals surface area (Å²) in [5.41, 5.74) is 1.08. The first-order chi connectivity index (χ1) is 14.1. The molecule has 0 aromatic heterocycles. The summed E-state index contributed by atoms with van der Waals surface area (Å²) in [6, 6.07) is 11.4. The zero-order chi connectivity index (χ0) is 22.3. The minimum absolute atomic E-state index is 0.0319. The number of para-hydroxylation sites is 1. The number of anilines is 1. The number of benzene rings is 2. The van der Waals surface area contributed by atoms with E-state index < -0.39 is 28.5 Å². The van der Waals surface area contributed by atoms with Crippen LogP contribution in [0.4, 0.5) is 5.69 Å². The molecule has 0 radical (unpaired) electrons.